The van der Waals surface area contributed by atoms with E-state index in [4.69, 9.17) is 4.74 Å². The Kier molecular flexibility index (Phi) is 5.29. The average molecular weight is 291 g/mol. The van der Waals surface area contributed by atoms with Gasteiger partial charge in [-0.1, -0.05) is 0 Å². The molecule has 2 heterocycles. The number of amides is 1. The fourth-order valence-electron chi connectivity index (χ4n) is 2.87. The standard InChI is InChI=1S/C13H23F2N3O2/c1-20-6-5-18-4-2-3-10(18)8-16-12(19)11-7-13(14,15)9-17-11/h10-11,17H,2-9H2,1H3,(H,16,19). The van der Waals surface area contributed by atoms with E-state index in [2.05, 4.69) is 15.5 Å². The van der Waals surface area contributed by atoms with E-state index in [1.165, 1.54) is 0 Å². The van der Waals surface area contributed by atoms with Crippen LogP contribution in [-0.2, 0) is 9.53 Å². The number of nitrogens with one attached hydrogen (secondary N) is 2. The lowest BCUT2D eigenvalue weighted by Gasteiger charge is -2.24. The molecule has 1 amide bonds. The van der Waals surface area contributed by atoms with Crippen LogP contribution in [0.2, 0.25) is 0 Å². The van der Waals surface area contributed by atoms with Gasteiger partial charge in [-0.3, -0.25) is 15.0 Å². The number of nitrogens with zero attached hydrogens (tertiary/aromatic N) is 1. The molecule has 5 nitrogen and oxygen atoms in total. The number of alkyl halides is 2. The van der Waals surface area contributed by atoms with E-state index in [-0.39, 0.29) is 11.9 Å². The molecule has 0 spiro atoms. The van der Waals surface area contributed by atoms with Crippen LogP contribution in [0.4, 0.5) is 8.78 Å². The first-order chi connectivity index (χ1) is 9.52. The molecule has 2 atom stereocenters. The molecule has 0 aromatic carbocycles. The zero-order chi connectivity index (χ0) is 14.6. The molecule has 0 aromatic rings. The van der Waals surface area contributed by atoms with Gasteiger partial charge in [0.1, 0.15) is 0 Å². The van der Waals surface area contributed by atoms with Gasteiger partial charge in [-0.2, -0.15) is 0 Å². The lowest BCUT2D eigenvalue weighted by molar-refractivity contribution is -0.123. The quantitative estimate of drug-likeness (QED) is 0.735. The number of carbonyl (C=O) groups excluding carboxylic acids is 1. The van der Waals surface area contributed by atoms with Gasteiger partial charge in [0.05, 0.1) is 19.2 Å². The molecule has 0 radical (unpaired) electrons. The molecule has 0 aromatic heterocycles. The first kappa shape index (κ1) is 15.6. The van der Waals surface area contributed by atoms with Gasteiger partial charge in [0.15, 0.2) is 0 Å². The van der Waals surface area contributed by atoms with Gasteiger partial charge in [-0.05, 0) is 19.4 Å². The monoisotopic (exact) mass is 291 g/mol. The second-order valence-corrected chi connectivity index (χ2v) is 5.56. The molecule has 2 N–H and O–H groups in total. The highest BCUT2D eigenvalue weighted by Gasteiger charge is 2.42. The first-order valence-corrected chi connectivity index (χ1v) is 7.14. The highest BCUT2D eigenvalue weighted by molar-refractivity contribution is 5.82. The highest BCUT2D eigenvalue weighted by atomic mass is 19.3. The van der Waals surface area contributed by atoms with Gasteiger partial charge in [-0.15, -0.1) is 0 Å². The third-order valence-corrected chi connectivity index (χ3v) is 4.02. The molecule has 2 fully saturated rings. The number of ether oxygens (including phenoxy) is 1. The van der Waals surface area contributed by atoms with E-state index in [0.29, 0.717) is 13.2 Å². The minimum absolute atomic E-state index is 0.288. The highest BCUT2D eigenvalue weighted by Crippen LogP contribution is 2.25. The molecule has 2 aliphatic rings. The lowest BCUT2D eigenvalue weighted by atomic mass is 10.1. The Morgan fingerprint density at radius 2 is 2.35 bits per heavy atom. The predicted octanol–water partition coefficient (Wildman–Crippen LogP) is 0.211. The van der Waals surface area contributed by atoms with Crippen LogP contribution in [0.3, 0.4) is 0 Å². The first-order valence-electron chi connectivity index (χ1n) is 7.14. The normalized spacial score (nSPS) is 29.8. The summed E-state index contributed by atoms with van der Waals surface area (Å²) in [5, 5.41) is 5.37. The number of likely N-dealkylation sites (tertiary alicyclic amines) is 1. The molecule has 2 saturated heterocycles. The molecule has 2 aliphatic heterocycles. The number of halogens is 2. The van der Waals surface area contributed by atoms with E-state index in [1.807, 2.05) is 0 Å². The molecule has 0 bridgehead atoms. The minimum atomic E-state index is -2.76. The van der Waals surface area contributed by atoms with Crippen LogP contribution in [-0.4, -0.2) is 68.7 Å². The topological polar surface area (TPSA) is 53.6 Å². The van der Waals surface area contributed by atoms with Crippen molar-refractivity contribution in [1.29, 1.82) is 0 Å². The number of methoxy groups -OCH3 is 1. The van der Waals surface area contributed by atoms with Crippen molar-refractivity contribution in [2.45, 2.75) is 37.3 Å². The van der Waals surface area contributed by atoms with E-state index in [9.17, 15) is 13.6 Å². The third-order valence-electron chi connectivity index (χ3n) is 4.02. The van der Waals surface area contributed by atoms with Crippen LogP contribution in [0.15, 0.2) is 0 Å². The van der Waals surface area contributed by atoms with Crippen LogP contribution in [0.25, 0.3) is 0 Å². The van der Waals surface area contributed by atoms with Crippen molar-refractivity contribution in [3.8, 4) is 0 Å². The van der Waals surface area contributed by atoms with Gasteiger partial charge in [0.2, 0.25) is 5.91 Å². The Labute approximate surface area is 118 Å². The van der Waals surface area contributed by atoms with E-state index in [1.54, 1.807) is 7.11 Å². The molecule has 20 heavy (non-hydrogen) atoms. The summed E-state index contributed by atoms with van der Waals surface area (Å²) >= 11 is 0. The Bertz CT molecular complexity index is 342. The van der Waals surface area contributed by atoms with Crippen molar-refractivity contribution in [1.82, 2.24) is 15.5 Å². The zero-order valence-corrected chi connectivity index (χ0v) is 11.8. The van der Waals surface area contributed by atoms with Crippen molar-refractivity contribution in [3.63, 3.8) is 0 Å². The summed E-state index contributed by atoms with van der Waals surface area (Å²) in [6.07, 6.45) is 1.72. The predicted molar refractivity (Wildman–Crippen MR) is 70.8 cm³/mol. The van der Waals surface area contributed by atoms with Crippen LogP contribution in [0, 0.1) is 0 Å². The van der Waals surface area contributed by atoms with Crippen LogP contribution >= 0.6 is 0 Å². The van der Waals surface area contributed by atoms with E-state index >= 15 is 0 Å². The SMILES string of the molecule is COCCN1CCCC1CNC(=O)C1CC(F)(F)CN1. The maximum Gasteiger partial charge on any atom is 0.262 e. The van der Waals surface area contributed by atoms with Gasteiger partial charge in [-0.25, -0.2) is 8.78 Å². The van der Waals surface area contributed by atoms with E-state index in [0.717, 1.165) is 25.9 Å². The van der Waals surface area contributed by atoms with Crippen molar-refractivity contribution < 1.29 is 18.3 Å². The summed E-state index contributed by atoms with van der Waals surface area (Å²) in [5.41, 5.74) is 0. The molecular formula is C13H23F2N3O2. The second kappa shape index (κ2) is 6.78. The van der Waals surface area contributed by atoms with Crippen LogP contribution < -0.4 is 10.6 Å². The molecule has 116 valence electrons. The van der Waals surface area contributed by atoms with Crippen molar-refractivity contribution in [3.05, 3.63) is 0 Å². The van der Waals surface area contributed by atoms with E-state index < -0.39 is 24.9 Å². The Morgan fingerprint density at radius 1 is 1.55 bits per heavy atom. The number of rotatable bonds is 6. The van der Waals surface area contributed by atoms with Crippen LogP contribution in [0.5, 0.6) is 0 Å². The fourth-order valence-corrected chi connectivity index (χ4v) is 2.87. The summed E-state index contributed by atoms with van der Waals surface area (Å²) in [6.45, 7) is 2.63. The van der Waals surface area contributed by atoms with Gasteiger partial charge in [0.25, 0.3) is 5.92 Å². The summed E-state index contributed by atoms with van der Waals surface area (Å²) in [7, 11) is 1.67. The number of hydrogen-bond donors (Lipinski definition) is 2. The molecule has 0 saturated carbocycles. The minimum Gasteiger partial charge on any atom is -0.383 e. The number of carbonyl (C=O) groups is 1. The summed E-state index contributed by atoms with van der Waals surface area (Å²) in [6, 6.07) is -0.477. The van der Waals surface area contributed by atoms with Gasteiger partial charge < -0.3 is 10.1 Å². The van der Waals surface area contributed by atoms with Crippen molar-refractivity contribution in [2.24, 2.45) is 0 Å². The maximum absolute atomic E-state index is 13.0. The second-order valence-electron chi connectivity index (χ2n) is 5.56. The Hall–Kier alpha value is -0.790. The molecule has 7 heteroatoms. The zero-order valence-electron chi connectivity index (χ0n) is 11.8. The Balaban J connectivity index is 1.73. The maximum atomic E-state index is 13.0. The summed E-state index contributed by atoms with van der Waals surface area (Å²) < 4.78 is 31.1. The molecular weight excluding hydrogens is 268 g/mol. The summed E-state index contributed by atoms with van der Waals surface area (Å²) in [5.74, 6) is -3.08. The van der Waals surface area contributed by atoms with Gasteiger partial charge >= 0.3 is 0 Å². The fraction of sp³-hybridized carbons (Fsp3) is 0.923. The summed E-state index contributed by atoms with van der Waals surface area (Å²) in [4.78, 5) is 14.1. The van der Waals surface area contributed by atoms with Crippen molar-refractivity contribution >= 4 is 5.91 Å². The largest absolute Gasteiger partial charge is 0.383 e. The third kappa shape index (κ3) is 4.10. The number of hydrogen-bond acceptors (Lipinski definition) is 4. The average Bonchev–Trinajstić information content (AvgIpc) is 2.99. The molecule has 0 aliphatic carbocycles. The molecule has 2 unspecified atom stereocenters. The van der Waals surface area contributed by atoms with Crippen LogP contribution in [0.1, 0.15) is 19.3 Å². The Morgan fingerprint density at radius 3 is 3.00 bits per heavy atom. The lowest BCUT2D eigenvalue weighted by Crippen LogP contribution is -2.46. The van der Waals surface area contributed by atoms with Gasteiger partial charge in [0, 0.05) is 32.7 Å². The van der Waals surface area contributed by atoms with Crippen molar-refractivity contribution in [2.75, 3.05) is 39.9 Å². The molecule has 2 rings (SSSR count). The smallest absolute Gasteiger partial charge is 0.262 e.